The van der Waals surface area contributed by atoms with Gasteiger partial charge in [0.15, 0.2) is 0 Å². The van der Waals surface area contributed by atoms with Crippen LogP contribution in [0.2, 0.25) is 0 Å². The molecular weight excluding hydrogens is 194 g/mol. The number of thioether (sulfide) groups is 1. The van der Waals surface area contributed by atoms with E-state index < -0.39 is 0 Å². The Morgan fingerprint density at radius 2 is 2.43 bits per heavy atom. The normalized spacial score (nSPS) is 27.5. The fourth-order valence-electron chi connectivity index (χ4n) is 1.82. The van der Waals surface area contributed by atoms with Crippen LogP contribution in [0.1, 0.15) is 19.8 Å². The molecule has 2 unspecified atom stereocenters. The predicted octanol–water partition coefficient (Wildman–Crippen LogP) is 1.75. The van der Waals surface area contributed by atoms with Gasteiger partial charge in [-0.25, -0.2) is 0 Å². The number of aliphatic hydroxyl groups excluding tert-OH is 1. The molecule has 3 atom stereocenters. The molecule has 0 saturated carbocycles. The smallest absolute Gasteiger partial charge is 0.0665 e. The first kappa shape index (κ1) is 12.1. The molecule has 1 rings (SSSR count). The number of hydrogen-bond donors (Lipinski definition) is 1. The second-order valence-electron chi connectivity index (χ2n) is 4.05. The van der Waals surface area contributed by atoms with E-state index in [4.69, 9.17) is 0 Å². The van der Waals surface area contributed by atoms with Crippen molar-refractivity contribution >= 4 is 11.8 Å². The van der Waals surface area contributed by atoms with Gasteiger partial charge in [-0.3, -0.25) is 0 Å². The molecule has 82 valence electrons. The molecule has 1 aliphatic rings. The molecule has 1 fully saturated rings. The van der Waals surface area contributed by atoms with Crippen LogP contribution in [-0.4, -0.2) is 46.7 Å². The van der Waals surface area contributed by atoms with Crippen LogP contribution in [0, 0.1) is 0 Å². The van der Waals surface area contributed by atoms with Gasteiger partial charge in [0.1, 0.15) is 0 Å². The molecule has 0 aromatic carbocycles. The quantitative estimate of drug-likeness (QED) is 0.707. The molecule has 0 aliphatic carbocycles. The Balaban J connectivity index is 2.27. The molecule has 0 aromatic heterocycles. The zero-order valence-electron chi connectivity index (χ0n) is 9.15. The molecule has 1 heterocycles. The highest BCUT2D eigenvalue weighted by molar-refractivity contribution is 8.00. The van der Waals surface area contributed by atoms with Crippen LogP contribution in [0.3, 0.4) is 0 Å². The Labute approximate surface area is 91.4 Å². The molecule has 1 aliphatic heterocycles. The Morgan fingerprint density at radius 1 is 1.71 bits per heavy atom. The van der Waals surface area contributed by atoms with Gasteiger partial charge in [0.2, 0.25) is 0 Å². The van der Waals surface area contributed by atoms with Crippen molar-refractivity contribution in [3.8, 4) is 0 Å². The second-order valence-corrected chi connectivity index (χ2v) is 5.26. The monoisotopic (exact) mass is 215 g/mol. The van der Waals surface area contributed by atoms with Crippen LogP contribution in [0.15, 0.2) is 12.7 Å². The fourth-order valence-corrected chi connectivity index (χ4v) is 3.10. The third kappa shape index (κ3) is 3.30. The average molecular weight is 215 g/mol. The van der Waals surface area contributed by atoms with Crippen LogP contribution in [0.4, 0.5) is 0 Å². The highest BCUT2D eigenvalue weighted by Gasteiger charge is 2.22. The van der Waals surface area contributed by atoms with Gasteiger partial charge in [0, 0.05) is 17.0 Å². The van der Waals surface area contributed by atoms with Gasteiger partial charge in [-0.15, -0.1) is 6.58 Å². The number of hydrogen-bond acceptors (Lipinski definition) is 3. The molecule has 2 nitrogen and oxygen atoms in total. The molecule has 1 N–H and O–H groups in total. The fraction of sp³-hybridized carbons (Fsp3) is 0.818. The predicted molar refractivity (Wildman–Crippen MR) is 63.8 cm³/mol. The highest BCUT2D eigenvalue weighted by atomic mass is 32.2. The molecule has 0 bridgehead atoms. The van der Waals surface area contributed by atoms with E-state index in [0.717, 1.165) is 5.75 Å². The van der Waals surface area contributed by atoms with Crippen molar-refractivity contribution in [3.05, 3.63) is 12.7 Å². The summed E-state index contributed by atoms with van der Waals surface area (Å²) in [4.78, 5) is 2.41. The first-order valence-electron chi connectivity index (χ1n) is 5.27. The maximum atomic E-state index is 9.45. The van der Waals surface area contributed by atoms with Crippen LogP contribution >= 0.6 is 11.8 Å². The van der Waals surface area contributed by atoms with Crippen LogP contribution in [0.5, 0.6) is 0 Å². The summed E-state index contributed by atoms with van der Waals surface area (Å²) in [6.07, 6.45) is 4.18. The third-order valence-electron chi connectivity index (χ3n) is 2.86. The lowest BCUT2D eigenvalue weighted by Gasteiger charge is -2.22. The standard InChI is InChI=1S/C11H21NOS/c1-4-11(9(2)13)14-8-10-6-5-7-12(10)3/h4,9-11,13H,1,5-8H2,2-3H3/t9?,10-,11?/m0/s1. The highest BCUT2D eigenvalue weighted by Crippen LogP contribution is 2.23. The molecule has 0 aromatic rings. The maximum absolute atomic E-state index is 9.45. The van der Waals surface area contributed by atoms with Crippen molar-refractivity contribution in [2.24, 2.45) is 0 Å². The van der Waals surface area contributed by atoms with E-state index in [1.165, 1.54) is 19.4 Å². The Morgan fingerprint density at radius 3 is 2.86 bits per heavy atom. The lowest BCUT2D eigenvalue weighted by atomic mass is 10.2. The van der Waals surface area contributed by atoms with Crippen molar-refractivity contribution in [3.63, 3.8) is 0 Å². The van der Waals surface area contributed by atoms with Crippen molar-refractivity contribution in [2.75, 3.05) is 19.3 Å². The average Bonchev–Trinajstić information content (AvgIpc) is 2.52. The Hall–Kier alpha value is 0.01000. The summed E-state index contributed by atoms with van der Waals surface area (Å²) in [5.41, 5.74) is 0. The van der Waals surface area contributed by atoms with Gasteiger partial charge < -0.3 is 10.0 Å². The van der Waals surface area contributed by atoms with Crippen LogP contribution in [0.25, 0.3) is 0 Å². The van der Waals surface area contributed by atoms with Gasteiger partial charge in [0.25, 0.3) is 0 Å². The van der Waals surface area contributed by atoms with Gasteiger partial charge >= 0.3 is 0 Å². The summed E-state index contributed by atoms with van der Waals surface area (Å²) in [7, 11) is 2.18. The molecule has 0 amide bonds. The van der Waals surface area contributed by atoms with E-state index in [-0.39, 0.29) is 11.4 Å². The van der Waals surface area contributed by atoms with E-state index in [1.807, 2.05) is 24.8 Å². The summed E-state index contributed by atoms with van der Waals surface area (Å²) in [5.74, 6) is 1.11. The molecular formula is C11H21NOS. The number of rotatable bonds is 5. The van der Waals surface area contributed by atoms with E-state index in [9.17, 15) is 5.11 Å². The van der Waals surface area contributed by atoms with E-state index in [2.05, 4.69) is 18.5 Å². The zero-order chi connectivity index (χ0) is 10.6. The minimum Gasteiger partial charge on any atom is -0.392 e. The number of likely N-dealkylation sites (tertiary alicyclic amines) is 1. The summed E-state index contributed by atoms with van der Waals surface area (Å²) >= 11 is 1.82. The summed E-state index contributed by atoms with van der Waals surface area (Å²) in [6.45, 7) is 6.80. The topological polar surface area (TPSA) is 23.5 Å². The van der Waals surface area contributed by atoms with E-state index in [0.29, 0.717) is 6.04 Å². The van der Waals surface area contributed by atoms with Crippen molar-refractivity contribution in [1.29, 1.82) is 0 Å². The zero-order valence-corrected chi connectivity index (χ0v) is 9.96. The lowest BCUT2D eigenvalue weighted by Crippen LogP contribution is -2.29. The van der Waals surface area contributed by atoms with Gasteiger partial charge in [-0.05, 0) is 33.4 Å². The van der Waals surface area contributed by atoms with E-state index >= 15 is 0 Å². The Bertz CT molecular complexity index is 184. The summed E-state index contributed by atoms with van der Waals surface area (Å²) in [6, 6.07) is 0.696. The van der Waals surface area contributed by atoms with Gasteiger partial charge in [0.05, 0.1) is 6.10 Å². The minimum absolute atomic E-state index is 0.184. The Kier molecular flexibility index (Phi) is 4.99. The van der Waals surface area contributed by atoms with E-state index in [1.54, 1.807) is 0 Å². The lowest BCUT2D eigenvalue weighted by molar-refractivity contribution is 0.203. The SMILES string of the molecule is C=CC(SC[C@@H]1CCCN1C)C(C)O. The van der Waals surface area contributed by atoms with Gasteiger partial charge in [-0.1, -0.05) is 6.08 Å². The van der Waals surface area contributed by atoms with Crippen LogP contribution < -0.4 is 0 Å². The molecule has 0 spiro atoms. The first-order valence-corrected chi connectivity index (χ1v) is 6.32. The summed E-state index contributed by atoms with van der Waals surface area (Å²) < 4.78 is 0. The third-order valence-corrected chi connectivity index (χ3v) is 4.41. The minimum atomic E-state index is -0.288. The first-order chi connectivity index (χ1) is 6.65. The largest absolute Gasteiger partial charge is 0.392 e. The molecule has 14 heavy (non-hydrogen) atoms. The molecule has 1 saturated heterocycles. The van der Waals surface area contributed by atoms with Crippen molar-refractivity contribution < 1.29 is 5.11 Å². The number of aliphatic hydroxyl groups is 1. The van der Waals surface area contributed by atoms with Gasteiger partial charge in [-0.2, -0.15) is 11.8 Å². The maximum Gasteiger partial charge on any atom is 0.0665 e. The van der Waals surface area contributed by atoms with Crippen molar-refractivity contribution in [1.82, 2.24) is 4.90 Å². The number of nitrogens with zero attached hydrogens (tertiary/aromatic N) is 1. The van der Waals surface area contributed by atoms with Crippen molar-refractivity contribution in [2.45, 2.75) is 37.2 Å². The van der Waals surface area contributed by atoms with Crippen LogP contribution in [-0.2, 0) is 0 Å². The summed E-state index contributed by atoms with van der Waals surface area (Å²) in [5, 5.41) is 9.63. The second kappa shape index (κ2) is 5.79. The molecule has 0 radical (unpaired) electrons. The molecule has 3 heteroatoms.